The lowest BCUT2D eigenvalue weighted by molar-refractivity contribution is -0.120. The molecule has 0 saturated heterocycles. The number of ether oxygens (including phenoxy) is 3. The van der Waals surface area contributed by atoms with Gasteiger partial charge in [0, 0.05) is 5.56 Å². The summed E-state index contributed by atoms with van der Waals surface area (Å²) in [6.07, 6.45) is 1.38. The first-order valence-electron chi connectivity index (χ1n) is 10.9. The van der Waals surface area contributed by atoms with Gasteiger partial charge in [-0.1, -0.05) is 23.7 Å². The van der Waals surface area contributed by atoms with Gasteiger partial charge in [0.2, 0.25) is 0 Å². The van der Waals surface area contributed by atoms with E-state index < -0.39 is 17.8 Å². The number of rotatable bonds is 10. The molecule has 0 aliphatic heterocycles. The molecule has 0 fully saturated rings. The summed E-state index contributed by atoms with van der Waals surface area (Å²) in [5.74, 6) is -0.398. The normalized spacial score (nSPS) is 10.5. The lowest BCUT2D eigenvalue weighted by atomic mass is 10.2. The van der Waals surface area contributed by atoms with Crippen molar-refractivity contribution in [2.24, 2.45) is 5.10 Å². The van der Waals surface area contributed by atoms with Crippen molar-refractivity contribution in [3.05, 3.63) is 88.4 Å². The first-order valence-corrected chi connectivity index (χ1v) is 11.3. The van der Waals surface area contributed by atoms with Crippen LogP contribution in [-0.4, -0.2) is 44.3 Å². The second kappa shape index (κ2) is 12.9. The van der Waals surface area contributed by atoms with E-state index in [1.165, 1.54) is 19.4 Å². The highest BCUT2D eigenvalue weighted by molar-refractivity contribution is 6.33. The van der Waals surface area contributed by atoms with E-state index in [2.05, 4.69) is 15.8 Å². The summed E-state index contributed by atoms with van der Waals surface area (Å²) in [6.45, 7) is 2.14. The van der Waals surface area contributed by atoms with Crippen LogP contribution in [0.5, 0.6) is 17.2 Å². The molecule has 0 unspecified atom stereocenters. The molecule has 0 bridgehead atoms. The summed E-state index contributed by atoms with van der Waals surface area (Å²) < 4.78 is 16.0. The average molecular weight is 510 g/mol. The van der Waals surface area contributed by atoms with Gasteiger partial charge in [-0.05, 0) is 67.1 Å². The largest absolute Gasteiger partial charge is 0.494 e. The van der Waals surface area contributed by atoms with E-state index >= 15 is 0 Å². The number of methoxy groups -OCH3 is 1. The molecular formula is C26H24ClN3O6. The van der Waals surface area contributed by atoms with Gasteiger partial charge in [-0.15, -0.1) is 0 Å². The van der Waals surface area contributed by atoms with Gasteiger partial charge in [-0.2, -0.15) is 5.10 Å². The standard InChI is InChI=1S/C26H24ClN3O6/c1-3-35-19-11-9-18(10-12-19)25(32)28-16-24(31)30-29-15-17-8-13-22(23(14-17)34-2)36-26(33)20-6-4-5-7-21(20)27/h4-15H,3,16H2,1-2H3,(H,28,32)(H,30,31). The second-order valence-electron chi connectivity index (χ2n) is 7.21. The fourth-order valence-electron chi connectivity index (χ4n) is 2.98. The highest BCUT2D eigenvalue weighted by Gasteiger charge is 2.15. The van der Waals surface area contributed by atoms with Crippen molar-refractivity contribution < 1.29 is 28.6 Å². The van der Waals surface area contributed by atoms with E-state index in [9.17, 15) is 14.4 Å². The Morgan fingerprint density at radius 1 is 1.00 bits per heavy atom. The minimum Gasteiger partial charge on any atom is -0.494 e. The Labute approximate surface area is 213 Å². The zero-order valence-corrected chi connectivity index (χ0v) is 20.4. The molecule has 0 heterocycles. The van der Waals surface area contributed by atoms with Crippen LogP contribution in [0.2, 0.25) is 5.02 Å². The number of amides is 2. The van der Waals surface area contributed by atoms with Crippen LogP contribution >= 0.6 is 11.6 Å². The summed E-state index contributed by atoms with van der Waals surface area (Å²) in [5.41, 5.74) is 3.53. The van der Waals surface area contributed by atoms with Crippen LogP contribution < -0.4 is 25.0 Å². The number of carbonyl (C=O) groups is 3. The van der Waals surface area contributed by atoms with E-state index in [1.54, 1.807) is 60.7 Å². The van der Waals surface area contributed by atoms with Gasteiger partial charge in [0.05, 0.1) is 37.1 Å². The van der Waals surface area contributed by atoms with E-state index in [0.717, 1.165) is 0 Å². The maximum atomic E-state index is 12.4. The zero-order valence-electron chi connectivity index (χ0n) is 19.6. The van der Waals surface area contributed by atoms with Crippen LogP contribution in [0, 0.1) is 0 Å². The fourth-order valence-corrected chi connectivity index (χ4v) is 3.19. The van der Waals surface area contributed by atoms with Crippen molar-refractivity contribution in [2.75, 3.05) is 20.3 Å². The Kier molecular flexibility index (Phi) is 9.41. The average Bonchev–Trinajstić information content (AvgIpc) is 2.89. The highest BCUT2D eigenvalue weighted by Crippen LogP contribution is 2.29. The summed E-state index contributed by atoms with van der Waals surface area (Å²) >= 11 is 6.04. The second-order valence-corrected chi connectivity index (χ2v) is 7.62. The van der Waals surface area contributed by atoms with Crippen LogP contribution in [0.15, 0.2) is 71.8 Å². The molecular weight excluding hydrogens is 486 g/mol. The molecule has 0 atom stereocenters. The molecule has 0 aliphatic carbocycles. The Balaban J connectivity index is 1.52. The minimum atomic E-state index is -0.625. The Morgan fingerprint density at radius 2 is 1.75 bits per heavy atom. The third kappa shape index (κ3) is 7.31. The summed E-state index contributed by atoms with van der Waals surface area (Å²) in [5, 5.41) is 6.67. The number of halogens is 1. The number of carbonyl (C=O) groups excluding carboxylic acids is 3. The van der Waals surface area contributed by atoms with Crippen molar-refractivity contribution in [2.45, 2.75) is 6.92 Å². The molecule has 3 aromatic rings. The number of nitrogens with one attached hydrogen (secondary N) is 2. The third-order valence-electron chi connectivity index (χ3n) is 4.72. The molecule has 3 rings (SSSR count). The molecule has 0 saturated carbocycles. The van der Waals surface area contributed by atoms with E-state index in [4.69, 9.17) is 25.8 Å². The summed E-state index contributed by atoms with van der Waals surface area (Å²) in [4.78, 5) is 36.6. The molecule has 3 aromatic carbocycles. The smallest absolute Gasteiger partial charge is 0.345 e. The Hall–Kier alpha value is -4.37. The van der Waals surface area contributed by atoms with Crippen molar-refractivity contribution in [1.82, 2.24) is 10.7 Å². The number of nitrogens with zero attached hydrogens (tertiary/aromatic N) is 1. The fraction of sp³-hybridized carbons (Fsp3) is 0.154. The van der Waals surface area contributed by atoms with Crippen LogP contribution in [0.4, 0.5) is 0 Å². The maximum Gasteiger partial charge on any atom is 0.345 e. The maximum absolute atomic E-state index is 12.4. The van der Waals surface area contributed by atoms with Crippen LogP contribution in [-0.2, 0) is 4.79 Å². The molecule has 0 aromatic heterocycles. The molecule has 186 valence electrons. The molecule has 2 amide bonds. The van der Waals surface area contributed by atoms with Crippen molar-refractivity contribution in [3.8, 4) is 17.2 Å². The molecule has 0 radical (unpaired) electrons. The molecule has 10 heteroatoms. The number of hydrogen-bond acceptors (Lipinski definition) is 7. The number of benzene rings is 3. The molecule has 0 aliphatic rings. The molecule has 0 spiro atoms. The number of hydrogen-bond donors (Lipinski definition) is 2. The van der Waals surface area contributed by atoms with E-state index in [-0.39, 0.29) is 28.6 Å². The third-order valence-corrected chi connectivity index (χ3v) is 5.05. The van der Waals surface area contributed by atoms with Gasteiger partial charge in [-0.25, -0.2) is 10.2 Å². The molecule has 9 nitrogen and oxygen atoms in total. The first-order chi connectivity index (χ1) is 17.4. The lowest BCUT2D eigenvalue weighted by Crippen LogP contribution is -2.34. The van der Waals surface area contributed by atoms with Crippen LogP contribution in [0.3, 0.4) is 0 Å². The molecule has 36 heavy (non-hydrogen) atoms. The zero-order chi connectivity index (χ0) is 25.9. The highest BCUT2D eigenvalue weighted by atomic mass is 35.5. The number of hydrazone groups is 1. The van der Waals surface area contributed by atoms with Crippen LogP contribution in [0.25, 0.3) is 0 Å². The predicted octanol–water partition coefficient (Wildman–Crippen LogP) is 3.85. The van der Waals surface area contributed by atoms with Gasteiger partial charge in [0.25, 0.3) is 11.8 Å². The van der Waals surface area contributed by atoms with Gasteiger partial charge >= 0.3 is 5.97 Å². The van der Waals surface area contributed by atoms with Crippen molar-refractivity contribution in [1.29, 1.82) is 0 Å². The molecule has 2 N–H and O–H groups in total. The van der Waals surface area contributed by atoms with Gasteiger partial charge in [-0.3, -0.25) is 9.59 Å². The summed E-state index contributed by atoms with van der Waals surface area (Å²) in [7, 11) is 1.43. The Bertz CT molecular complexity index is 1260. The van der Waals surface area contributed by atoms with E-state index in [1.807, 2.05) is 6.92 Å². The SMILES string of the molecule is CCOc1ccc(C(=O)NCC(=O)NN=Cc2ccc(OC(=O)c3ccccc3Cl)c(OC)c2)cc1. The minimum absolute atomic E-state index is 0.195. The van der Waals surface area contributed by atoms with Gasteiger partial charge in [0.15, 0.2) is 11.5 Å². The lowest BCUT2D eigenvalue weighted by Gasteiger charge is -2.10. The quantitative estimate of drug-likeness (QED) is 0.186. The van der Waals surface area contributed by atoms with Gasteiger partial charge < -0.3 is 19.5 Å². The number of esters is 1. The topological polar surface area (TPSA) is 115 Å². The predicted molar refractivity (Wildman–Crippen MR) is 135 cm³/mol. The Morgan fingerprint density at radius 3 is 2.44 bits per heavy atom. The van der Waals surface area contributed by atoms with Crippen LogP contribution in [0.1, 0.15) is 33.2 Å². The first kappa shape index (κ1) is 26.2. The van der Waals surface area contributed by atoms with Crippen molar-refractivity contribution in [3.63, 3.8) is 0 Å². The van der Waals surface area contributed by atoms with E-state index in [0.29, 0.717) is 23.5 Å². The summed E-state index contributed by atoms with van der Waals surface area (Å²) in [6, 6.07) is 17.9. The van der Waals surface area contributed by atoms with Gasteiger partial charge in [0.1, 0.15) is 5.75 Å². The monoisotopic (exact) mass is 509 g/mol. The van der Waals surface area contributed by atoms with Crippen molar-refractivity contribution >= 4 is 35.6 Å².